The third-order valence-electron chi connectivity index (χ3n) is 4.47. The lowest BCUT2D eigenvalue weighted by molar-refractivity contribution is 0.194. The van der Waals surface area contributed by atoms with E-state index in [1.807, 2.05) is 36.1 Å². The van der Waals surface area contributed by atoms with Gasteiger partial charge >= 0.3 is 6.03 Å². The lowest BCUT2D eigenvalue weighted by Gasteiger charge is -2.31. The number of hydrogen-bond donors (Lipinski definition) is 2. The highest BCUT2D eigenvalue weighted by molar-refractivity contribution is 5.90. The lowest BCUT2D eigenvalue weighted by Crippen LogP contribution is -2.40. The Labute approximate surface area is 140 Å². The number of carbonyl (C=O) groups excluding carboxylic acids is 1. The average molecular weight is 326 g/mol. The molecule has 3 rings (SSSR count). The Kier molecular flexibility index (Phi) is 4.64. The van der Waals surface area contributed by atoms with Crippen LogP contribution in [0.25, 0.3) is 0 Å². The van der Waals surface area contributed by atoms with Crippen molar-refractivity contribution in [1.29, 1.82) is 0 Å². The number of nitrogens with zero attached hydrogens (tertiary/aromatic N) is 2. The molecule has 2 heterocycles. The monoisotopic (exact) mass is 326 g/mol. The number of nitrogens with one attached hydrogen (secondary N) is 2. The van der Waals surface area contributed by atoms with Crippen LogP contribution in [0, 0.1) is 13.8 Å². The second-order valence-corrected chi connectivity index (χ2v) is 6.26. The quantitative estimate of drug-likeness (QED) is 0.891. The fourth-order valence-corrected chi connectivity index (χ4v) is 3.10. The molecule has 0 bridgehead atoms. The van der Waals surface area contributed by atoms with Gasteiger partial charge in [-0.2, -0.15) is 0 Å². The molecule has 1 aromatic carbocycles. The van der Waals surface area contributed by atoms with Gasteiger partial charge in [-0.15, -0.1) is 0 Å². The maximum atomic E-state index is 12.4. The smallest absolute Gasteiger partial charge is 0.321 e. The first-order chi connectivity index (χ1) is 11.5. The van der Waals surface area contributed by atoms with Gasteiger partial charge in [0.25, 0.3) is 5.56 Å². The summed E-state index contributed by atoms with van der Waals surface area (Å²) in [5.74, 6) is 0.866. The van der Waals surface area contributed by atoms with E-state index in [0.717, 1.165) is 29.8 Å². The highest BCUT2D eigenvalue weighted by atomic mass is 16.2. The minimum Gasteiger partial charge on any atom is -0.324 e. The number of aromatic nitrogens is 2. The predicted molar refractivity (Wildman–Crippen MR) is 93.3 cm³/mol. The molecule has 2 N–H and O–H groups in total. The average Bonchev–Trinajstić information content (AvgIpc) is 2.56. The van der Waals surface area contributed by atoms with E-state index in [-0.39, 0.29) is 17.5 Å². The number of para-hydroxylation sites is 1. The largest absolute Gasteiger partial charge is 0.324 e. The van der Waals surface area contributed by atoms with Gasteiger partial charge in [-0.05, 0) is 38.3 Å². The van der Waals surface area contributed by atoms with Gasteiger partial charge in [0.2, 0.25) is 0 Å². The number of benzene rings is 1. The van der Waals surface area contributed by atoms with Crippen LogP contribution in [0.2, 0.25) is 0 Å². The van der Waals surface area contributed by atoms with Gasteiger partial charge in [0.15, 0.2) is 0 Å². The van der Waals surface area contributed by atoms with Crippen LogP contribution in [0.4, 0.5) is 10.5 Å². The van der Waals surface area contributed by atoms with E-state index >= 15 is 0 Å². The third-order valence-corrected chi connectivity index (χ3v) is 4.47. The molecule has 1 aliphatic heterocycles. The van der Waals surface area contributed by atoms with Crippen LogP contribution in [0.3, 0.4) is 0 Å². The summed E-state index contributed by atoms with van der Waals surface area (Å²) in [6.45, 7) is 5.09. The molecule has 1 aliphatic rings. The third kappa shape index (κ3) is 3.64. The van der Waals surface area contributed by atoms with Crippen LogP contribution >= 0.6 is 0 Å². The first-order valence-corrected chi connectivity index (χ1v) is 8.22. The van der Waals surface area contributed by atoms with Crippen molar-refractivity contribution in [2.75, 3.05) is 18.4 Å². The van der Waals surface area contributed by atoms with E-state index in [1.165, 1.54) is 0 Å². The zero-order chi connectivity index (χ0) is 17.1. The number of carbonyl (C=O) groups is 1. The van der Waals surface area contributed by atoms with Crippen molar-refractivity contribution in [2.45, 2.75) is 32.6 Å². The molecule has 1 fully saturated rings. The summed E-state index contributed by atoms with van der Waals surface area (Å²) in [6.07, 6.45) is 1.63. The van der Waals surface area contributed by atoms with E-state index in [2.05, 4.69) is 15.3 Å². The summed E-state index contributed by atoms with van der Waals surface area (Å²) >= 11 is 0. The van der Waals surface area contributed by atoms with E-state index in [1.54, 1.807) is 13.0 Å². The first-order valence-electron chi connectivity index (χ1n) is 8.22. The van der Waals surface area contributed by atoms with Crippen LogP contribution in [-0.2, 0) is 0 Å². The molecular weight excluding hydrogens is 304 g/mol. The number of rotatable bonds is 2. The molecule has 6 nitrogen and oxygen atoms in total. The first kappa shape index (κ1) is 16.2. The van der Waals surface area contributed by atoms with Gasteiger partial charge in [-0.1, -0.05) is 18.2 Å². The van der Waals surface area contributed by atoms with Crippen molar-refractivity contribution in [3.63, 3.8) is 0 Å². The van der Waals surface area contributed by atoms with Gasteiger partial charge < -0.3 is 15.2 Å². The van der Waals surface area contributed by atoms with Gasteiger partial charge in [-0.3, -0.25) is 4.79 Å². The zero-order valence-electron chi connectivity index (χ0n) is 14.0. The molecule has 2 aromatic rings. The second-order valence-electron chi connectivity index (χ2n) is 6.26. The van der Waals surface area contributed by atoms with E-state index < -0.39 is 0 Å². The Morgan fingerprint density at radius 1 is 1.25 bits per heavy atom. The Morgan fingerprint density at radius 2 is 1.96 bits per heavy atom. The highest BCUT2D eigenvalue weighted by Gasteiger charge is 2.25. The second kappa shape index (κ2) is 6.86. The van der Waals surface area contributed by atoms with Crippen molar-refractivity contribution in [1.82, 2.24) is 14.9 Å². The number of hydrogen-bond acceptors (Lipinski definition) is 3. The van der Waals surface area contributed by atoms with Gasteiger partial charge in [0.1, 0.15) is 5.82 Å². The van der Waals surface area contributed by atoms with Crippen molar-refractivity contribution in [3.05, 3.63) is 57.8 Å². The Hall–Kier alpha value is -2.63. The standard InChI is InChI=1S/C18H22N4O2/c1-12-5-3-4-6-15(12)21-18(24)22-9-7-14(8-10-22)16-11-17(23)20-13(2)19-16/h3-6,11,14H,7-10H2,1-2H3,(H,21,24)(H,19,20,23). The Morgan fingerprint density at radius 3 is 2.62 bits per heavy atom. The molecule has 0 unspecified atom stereocenters. The molecule has 0 saturated carbocycles. The van der Waals surface area contributed by atoms with Crippen LogP contribution in [-0.4, -0.2) is 34.0 Å². The fraction of sp³-hybridized carbons (Fsp3) is 0.389. The van der Waals surface area contributed by atoms with Crippen LogP contribution in [0.1, 0.15) is 35.8 Å². The summed E-state index contributed by atoms with van der Waals surface area (Å²) in [5, 5.41) is 2.97. The minimum atomic E-state index is -0.114. The Balaban J connectivity index is 1.61. The summed E-state index contributed by atoms with van der Waals surface area (Å²) in [7, 11) is 0. The minimum absolute atomic E-state index is 0.0715. The maximum absolute atomic E-state index is 12.4. The van der Waals surface area contributed by atoms with Gasteiger partial charge in [-0.25, -0.2) is 9.78 Å². The van der Waals surface area contributed by atoms with Crippen molar-refractivity contribution < 1.29 is 4.79 Å². The number of urea groups is 1. The zero-order valence-corrected chi connectivity index (χ0v) is 14.0. The van der Waals surface area contributed by atoms with Crippen LogP contribution in [0.15, 0.2) is 35.1 Å². The van der Waals surface area contributed by atoms with Crippen LogP contribution in [0.5, 0.6) is 0 Å². The number of H-pyrrole nitrogens is 1. The molecule has 126 valence electrons. The lowest BCUT2D eigenvalue weighted by atomic mass is 9.93. The normalized spacial score (nSPS) is 15.3. The molecular formula is C18H22N4O2. The van der Waals surface area contributed by atoms with Gasteiger partial charge in [0.05, 0.1) is 5.69 Å². The number of amides is 2. The number of aryl methyl sites for hydroxylation is 2. The molecule has 1 aromatic heterocycles. The van der Waals surface area contributed by atoms with E-state index in [9.17, 15) is 9.59 Å². The van der Waals surface area contributed by atoms with E-state index in [0.29, 0.717) is 18.9 Å². The molecule has 24 heavy (non-hydrogen) atoms. The number of likely N-dealkylation sites (tertiary alicyclic amines) is 1. The molecule has 0 aliphatic carbocycles. The SMILES string of the molecule is Cc1nc(C2CCN(C(=O)Nc3ccccc3C)CC2)cc(=O)[nH]1. The van der Waals surface area contributed by atoms with E-state index in [4.69, 9.17) is 0 Å². The van der Waals surface area contributed by atoms with Crippen molar-refractivity contribution in [2.24, 2.45) is 0 Å². The van der Waals surface area contributed by atoms with Crippen LogP contribution < -0.4 is 10.9 Å². The molecule has 6 heteroatoms. The molecule has 1 saturated heterocycles. The number of piperidine rings is 1. The Bertz CT molecular complexity index is 792. The number of aromatic amines is 1. The molecule has 0 radical (unpaired) electrons. The predicted octanol–water partition coefficient (Wildman–Crippen LogP) is 2.80. The highest BCUT2D eigenvalue weighted by Crippen LogP contribution is 2.26. The molecule has 2 amide bonds. The molecule has 0 atom stereocenters. The number of anilines is 1. The summed E-state index contributed by atoms with van der Waals surface area (Å²) < 4.78 is 0. The van der Waals surface area contributed by atoms with Crippen molar-refractivity contribution >= 4 is 11.7 Å². The molecule has 0 spiro atoms. The fourth-order valence-electron chi connectivity index (χ4n) is 3.10. The van der Waals surface area contributed by atoms with Gasteiger partial charge in [0, 0.05) is 30.8 Å². The maximum Gasteiger partial charge on any atom is 0.321 e. The topological polar surface area (TPSA) is 78.1 Å². The summed E-state index contributed by atoms with van der Waals surface area (Å²) in [5.41, 5.74) is 2.60. The van der Waals surface area contributed by atoms with Crippen molar-refractivity contribution in [3.8, 4) is 0 Å². The summed E-state index contributed by atoms with van der Waals surface area (Å²) in [4.78, 5) is 32.9. The summed E-state index contributed by atoms with van der Waals surface area (Å²) in [6, 6.07) is 9.24.